The smallest absolute Gasteiger partial charge is 0.344 e. The zero-order valence-corrected chi connectivity index (χ0v) is 7.82. The maximum absolute atomic E-state index is 11.4. The van der Waals surface area contributed by atoms with E-state index < -0.39 is 6.04 Å². The molecule has 0 amide bonds. The van der Waals surface area contributed by atoms with Gasteiger partial charge in [0, 0.05) is 6.42 Å². The average Bonchev–Trinajstić information content (AvgIpc) is 2.59. The van der Waals surface area contributed by atoms with Gasteiger partial charge in [0.25, 0.3) is 0 Å². The fourth-order valence-corrected chi connectivity index (χ4v) is 1.78. The third kappa shape index (κ3) is 1.23. The van der Waals surface area contributed by atoms with E-state index in [1.807, 2.05) is 0 Å². The van der Waals surface area contributed by atoms with Crippen LogP contribution in [0.25, 0.3) is 0 Å². The second-order valence-electron chi connectivity index (χ2n) is 3.25. The highest BCUT2D eigenvalue weighted by Crippen LogP contribution is 2.21. The first-order chi connectivity index (χ1) is 6.74. The maximum atomic E-state index is 11.4. The zero-order chi connectivity index (χ0) is 10.1. The molecule has 2 heterocycles. The molecule has 0 aromatic carbocycles. The molecule has 0 unspecified atom stereocenters. The van der Waals surface area contributed by atoms with Crippen molar-refractivity contribution in [1.82, 2.24) is 14.8 Å². The zero-order valence-electron chi connectivity index (χ0n) is 7.82. The van der Waals surface area contributed by atoms with Crippen molar-refractivity contribution in [1.29, 1.82) is 0 Å². The Morgan fingerprint density at radius 1 is 1.71 bits per heavy atom. The first kappa shape index (κ1) is 8.98. The second kappa shape index (κ2) is 3.28. The number of aryl methyl sites for hydroxylation is 1. The lowest BCUT2D eigenvalue weighted by molar-refractivity contribution is -0.145. The van der Waals surface area contributed by atoms with Gasteiger partial charge in [-0.3, -0.25) is 4.57 Å². The number of carbonyl (C=O) groups is 1. The molecule has 0 saturated carbocycles. The Labute approximate surface area is 79.9 Å². The van der Waals surface area contributed by atoms with Crippen LogP contribution >= 0.6 is 0 Å². The maximum Gasteiger partial charge on any atom is 0.344 e. The number of aromatic amines is 1. The summed E-state index contributed by atoms with van der Waals surface area (Å²) in [6.45, 7) is 0. The van der Waals surface area contributed by atoms with E-state index in [2.05, 4.69) is 14.9 Å². The number of esters is 1. The van der Waals surface area contributed by atoms with Crippen LogP contribution in [0.15, 0.2) is 4.79 Å². The van der Waals surface area contributed by atoms with Crippen LogP contribution in [0.1, 0.15) is 24.7 Å². The number of ether oxygens (including phenoxy) is 1. The van der Waals surface area contributed by atoms with Gasteiger partial charge < -0.3 is 4.74 Å². The predicted octanol–water partition coefficient (Wildman–Crippen LogP) is -0.378. The van der Waals surface area contributed by atoms with E-state index in [0.29, 0.717) is 12.2 Å². The van der Waals surface area contributed by atoms with Crippen LogP contribution in [0, 0.1) is 0 Å². The van der Waals surface area contributed by atoms with Gasteiger partial charge in [-0.15, -0.1) is 0 Å². The summed E-state index contributed by atoms with van der Waals surface area (Å²) < 4.78 is 6.01. The quantitative estimate of drug-likeness (QED) is 0.623. The van der Waals surface area contributed by atoms with Gasteiger partial charge in [-0.25, -0.2) is 14.7 Å². The summed E-state index contributed by atoms with van der Waals surface area (Å²) in [6, 6.07) is -0.505. The van der Waals surface area contributed by atoms with Gasteiger partial charge in [-0.05, 0) is 12.8 Å². The Hall–Kier alpha value is -1.59. The molecule has 1 aliphatic rings. The highest BCUT2D eigenvalue weighted by Gasteiger charge is 2.29. The molecule has 1 atom stereocenters. The number of hydrogen-bond donors (Lipinski definition) is 1. The van der Waals surface area contributed by atoms with Gasteiger partial charge in [0.2, 0.25) is 0 Å². The minimum Gasteiger partial charge on any atom is -0.467 e. The normalized spacial score (nSPS) is 20.2. The lowest BCUT2D eigenvalue weighted by Crippen LogP contribution is -2.33. The van der Waals surface area contributed by atoms with Crippen molar-refractivity contribution >= 4 is 5.97 Å². The standard InChI is InChI=1S/C8H11N3O3/c1-14-7(12)5-3-2-4-6-9-10-8(13)11(5)6/h5H,2-4H2,1H3,(H,10,13)/t5-/m0/s1. The first-order valence-corrected chi connectivity index (χ1v) is 4.47. The highest BCUT2D eigenvalue weighted by molar-refractivity contribution is 5.74. The van der Waals surface area contributed by atoms with Gasteiger partial charge >= 0.3 is 11.7 Å². The molecule has 1 aromatic heterocycles. The number of H-pyrrole nitrogens is 1. The van der Waals surface area contributed by atoms with E-state index in [-0.39, 0.29) is 11.7 Å². The van der Waals surface area contributed by atoms with Crippen molar-refractivity contribution in [3.05, 3.63) is 16.3 Å². The number of rotatable bonds is 1. The molecular weight excluding hydrogens is 186 g/mol. The third-order valence-electron chi connectivity index (χ3n) is 2.44. The molecule has 1 N–H and O–H groups in total. The Kier molecular flexibility index (Phi) is 2.11. The summed E-state index contributed by atoms with van der Waals surface area (Å²) in [5, 5.41) is 6.18. The van der Waals surface area contributed by atoms with Crippen LogP contribution in [-0.4, -0.2) is 27.8 Å². The topological polar surface area (TPSA) is 77.0 Å². The van der Waals surface area contributed by atoms with E-state index in [0.717, 1.165) is 12.8 Å². The molecule has 0 aliphatic carbocycles. The lowest BCUT2D eigenvalue weighted by Gasteiger charge is -2.20. The van der Waals surface area contributed by atoms with Crippen LogP contribution in [0.3, 0.4) is 0 Å². The SMILES string of the molecule is COC(=O)[C@@H]1CCCc2n[nH]c(=O)n21. The Morgan fingerprint density at radius 3 is 3.21 bits per heavy atom. The first-order valence-electron chi connectivity index (χ1n) is 4.47. The summed E-state index contributed by atoms with van der Waals surface area (Å²) >= 11 is 0. The highest BCUT2D eigenvalue weighted by atomic mass is 16.5. The molecule has 2 rings (SSSR count). The van der Waals surface area contributed by atoms with Crippen molar-refractivity contribution in [2.75, 3.05) is 7.11 Å². The summed E-state index contributed by atoms with van der Waals surface area (Å²) in [4.78, 5) is 22.7. The largest absolute Gasteiger partial charge is 0.467 e. The molecular formula is C8H11N3O3. The van der Waals surface area contributed by atoms with Crippen LogP contribution in [0.5, 0.6) is 0 Å². The summed E-state index contributed by atoms with van der Waals surface area (Å²) in [6.07, 6.45) is 2.22. The molecule has 14 heavy (non-hydrogen) atoms. The lowest BCUT2D eigenvalue weighted by atomic mass is 10.1. The molecule has 6 heteroatoms. The molecule has 1 aliphatic heterocycles. The van der Waals surface area contributed by atoms with Crippen LogP contribution < -0.4 is 5.69 Å². The molecule has 0 bridgehead atoms. The Balaban J connectivity index is 2.44. The van der Waals surface area contributed by atoms with E-state index in [9.17, 15) is 9.59 Å². The molecule has 6 nitrogen and oxygen atoms in total. The van der Waals surface area contributed by atoms with Gasteiger partial charge in [0.1, 0.15) is 11.9 Å². The number of fused-ring (bicyclic) bond motifs is 1. The van der Waals surface area contributed by atoms with Crippen molar-refractivity contribution in [2.24, 2.45) is 0 Å². The molecule has 0 spiro atoms. The summed E-state index contributed by atoms with van der Waals surface area (Å²) in [5.41, 5.74) is -0.338. The van der Waals surface area contributed by atoms with Gasteiger partial charge in [-0.1, -0.05) is 0 Å². The van der Waals surface area contributed by atoms with Crippen molar-refractivity contribution in [3.63, 3.8) is 0 Å². The van der Waals surface area contributed by atoms with Gasteiger partial charge in [0.05, 0.1) is 7.11 Å². The minimum absolute atomic E-state index is 0.338. The number of nitrogens with one attached hydrogen (secondary N) is 1. The van der Waals surface area contributed by atoms with E-state index >= 15 is 0 Å². The average molecular weight is 197 g/mol. The van der Waals surface area contributed by atoms with Gasteiger partial charge in [0.15, 0.2) is 0 Å². The summed E-state index contributed by atoms with van der Waals surface area (Å²) in [5.74, 6) is 0.256. The van der Waals surface area contributed by atoms with Crippen molar-refractivity contribution in [2.45, 2.75) is 25.3 Å². The Bertz CT molecular complexity index is 406. The number of nitrogens with zero attached hydrogens (tertiary/aromatic N) is 2. The van der Waals surface area contributed by atoms with Gasteiger partial charge in [-0.2, -0.15) is 5.10 Å². The molecule has 0 fully saturated rings. The molecule has 1 aromatic rings. The third-order valence-corrected chi connectivity index (χ3v) is 2.44. The molecule has 0 saturated heterocycles. The fraction of sp³-hybridized carbons (Fsp3) is 0.625. The number of carbonyl (C=O) groups excluding carboxylic acids is 1. The monoisotopic (exact) mass is 197 g/mol. The minimum atomic E-state index is -0.505. The molecule has 0 radical (unpaired) electrons. The number of methoxy groups -OCH3 is 1. The second-order valence-corrected chi connectivity index (χ2v) is 3.25. The fourth-order valence-electron chi connectivity index (χ4n) is 1.78. The van der Waals surface area contributed by atoms with Crippen molar-refractivity contribution < 1.29 is 9.53 Å². The molecule has 76 valence electrons. The van der Waals surface area contributed by atoms with Crippen molar-refractivity contribution in [3.8, 4) is 0 Å². The number of aromatic nitrogens is 3. The predicted molar refractivity (Wildman–Crippen MR) is 46.8 cm³/mol. The summed E-state index contributed by atoms with van der Waals surface area (Å²) in [7, 11) is 1.32. The Morgan fingerprint density at radius 2 is 2.50 bits per heavy atom. The number of hydrogen-bond acceptors (Lipinski definition) is 4. The van der Waals surface area contributed by atoms with Crippen LogP contribution in [-0.2, 0) is 16.0 Å². The van der Waals surface area contributed by atoms with E-state index in [1.165, 1.54) is 11.7 Å². The van der Waals surface area contributed by atoms with Crippen LogP contribution in [0.2, 0.25) is 0 Å². The van der Waals surface area contributed by atoms with E-state index in [4.69, 9.17) is 0 Å². The van der Waals surface area contributed by atoms with Crippen LogP contribution in [0.4, 0.5) is 0 Å². The van der Waals surface area contributed by atoms with E-state index in [1.54, 1.807) is 0 Å².